The van der Waals surface area contributed by atoms with Crippen molar-refractivity contribution in [2.45, 2.75) is 24.7 Å². The van der Waals surface area contributed by atoms with Crippen molar-refractivity contribution in [1.29, 1.82) is 0 Å². The topological polar surface area (TPSA) is 75.7 Å². The highest BCUT2D eigenvalue weighted by Gasteiger charge is 2.16. The van der Waals surface area contributed by atoms with E-state index < -0.39 is 10.0 Å². The molecule has 1 amide bonds. The molecule has 0 spiro atoms. The SMILES string of the molecule is CCc1cc(Cl)ccc1OC.CN(C)S(=O)(=O)c1ccc(CCNC=O)cc1. The van der Waals surface area contributed by atoms with Gasteiger partial charge in [-0.15, -0.1) is 0 Å². The van der Waals surface area contributed by atoms with E-state index in [1.165, 1.54) is 18.4 Å². The minimum absolute atomic E-state index is 0.273. The Hall–Kier alpha value is -2.09. The van der Waals surface area contributed by atoms with Crippen molar-refractivity contribution >= 4 is 28.0 Å². The largest absolute Gasteiger partial charge is 0.496 e. The molecule has 0 aromatic heterocycles. The number of hydrogen-bond donors (Lipinski definition) is 1. The Morgan fingerprint density at radius 3 is 2.29 bits per heavy atom. The van der Waals surface area contributed by atoms with Gasteiger partial charge in [-0.1, -0.05) is 30.7 Å². The number of amides is 1. The van der Waals surface area contributed by atoms with Crippen LogP contribution in [0, 0.1) is 0 Å². The number of aryl methyl sites for hydroxylation is 1. The molecule has 6 nitrogen and oxygen atoms in total. The number of benzene rings is 2. The number of halogens is 1. The monoisotopic (exact) mass is 426 g/mol. The normalized spacial score (nSPS) is 10.8. The van der Waals surface area contributed by atoms with Gasteiger partial charge in [0.2, 0.25) is 16.4 Å². The number of sulfonamides is 1. The van der Waals surface area contributed by atoms with Crippen molar-refractivity contribution in [3.63, 3.8) is 0 Å². The predicted molar refractivity (Wildman–Crippen MR) is 112 cm³/mol. The highest BCUT2D eigenvalue weighted by atomic mass is 35.5. The van der Waals surface area contributed by atoms with E-state index in [0.717, 1.165) is 28.3 Å². The van der Waals surface area contributed by atoms with Crippen molar-refractivity contribution in [1.82, 2.24) is 9.62 Å². The van der Waals surface area contributed by atoms with E-state index in [-0.39, 0.29) is 4.90 Å². The van der Waals surface area contributed by atoms with Crippen molar-refractivity contribution in [2.24, 2.45) is 0 Å². The summed E-state index contributed by atoms with van der Waals surface area (Å²) in [5.74, 6) is 0.914. The van der Waals surface area contributed by atoms with Gasteiger partial charge in [0.05, 0.1) is 12.0 Å². The van der Waals surface area contributed by atoms with Gasteiger partial charge in [0.15, 0.2) is 0 Å². The smallest absolute Gasteiger partial charge is 0.242 e. The van der Waals surface area contributed by atoms with Crippen molar-refractivity contribution in [3.05, 3.63) is 58.6 Å². The molecule has 1 N–H and O–H groups in total. The lowest BCUT2D eigenvalue weighted by Gasteiger charge is -2.11. The van der Waals surface area contributed by atoms with E-state index in [1.54, 1.807) is 31.4 Å². The zero-order chi connectivity index (χ0) is 21.2. The van der Waals surface area contributed by atoms with Gasteiger partial charge in [-0.3, -0.25) is 4.79 Å². The molecule has 2 rings (SSSR count). The number of hydrogen-bond acceptors (Lipinski definition) is 4. The van der Waals surface area contributed by atoms with Gasteiger partial charge in [-0.25, -0.2) is 12.7 Å². The maximum absolute atomic E-state index is 11.8. The molecular weight excluding hydrogens is 400 g/mol. The average Bonchev–Trinajstić information content (AvgIpc) is 2.69. The van der Waals surface area contributed by atoms with Crippen LogP contribution in [0.1, 0.15) is 18.1 Å². The Balaban J connectivity index is 0.000000307. The molecule has 0 unspecified atom stereocenters. The molecule has 8 heteroatoms. The Labute approximate surface area is 172 Å². The lowest BCUT2D eigenvalue weighted by Crippen LogP contribution is -2.22. The van der Waals surface area contributed by atoms with Crippen molar-refractivity contribution < 1.29 is 17.9 Å². The molecule has 0 aliphatic heterocycles. The van der Waals surface area contributed by atoms with Crippen molar-refractivity contribution in [2.75, 3.05) is 27.7 Å². The van der Waals surface area contributed by atoms with Crippen LogP contribution in [-0.2, 0) is 27.7 Å². The van der Waals surface area contributed by atoms with Gasteiger partial charge in [0.25, 0.3) is 0 Å². The molecule has 0 aliphatic rings. The Morgan fingerprint density at radius 2 is 1.79 bits per heavy atom. The summed E-state index contributed by atoms with van der Waals surface area (Å²) in [6, 6.07) is 12.3. The summed E-state index contributed by atoms with van der Waals surface area (Å²) in [4.78, 5) is 10.3. The molecule has 2 aromatic rings. The van der Waals surface area contributed by atoms with Gasteiger partial charge < -0.3 is 10.1 Å². The van der Waals surface area contributed by atoms with Crippen LogP contribution in [0.25, 0.3) is 0 Å². The fraction of sp³-hybridized carbons (Fsp3) is 0.350. The maximum Gasteiger partial charge on any atom is 0.242 e. The zero-order valence-corrected chi connectivity index (χ0v) is 18.2. The molecule has 154 valence electrons. The predicted octanol–water partition coefficient (Wildman–Crippen LogP) is 3.14. The standard InChI is InChI=1S/C11H16N2O3S.C9H11ClO/c1-13(2)17(15,16)11-5-3-10(4-6-11)7-8-12-9-14;1-3-7-6-8(10)4-5-9(7)11-2/h3-6,9H,7-8H2,1-2H3,(H,12,14);4-6H,3H2,1-2H3. The number of ether oxygens (including phenoxy) is 1. The van der Waals surface area contributed by atoms with Crippen LogP contribution in [-0.4, -0.2) is 46.9 Å². The summed E-state index contributed by atoms with van der Waals surface area (Å²) in [7, 11) is 1.31. The first kappa shape index (κ1) is 23.9. The summed E-state index contributed by atoms with van der Waals surface area (Å²) in [5, 5.41) is 3.32. The number of nitrogens with zero attached hydrogens (tertiary/aromatic N) is 1. The van der Waals surface area contributed by atoms with E-state index >= 15 is 0 Å². The first-order chi connectivity index (χ1) is 13.3. The molecule has 0 bridgehead atoms. The Kier molecular flexibility index (Phi) is 9.99. The number of rotatable bonds is 8. The van der Waals surface area contributed by atoms with Gasteiger partial charge in [0, 0.05) is 25.7 Å². The molecule has 0 saturated heterocycles. The summed E-state index contributed by atoms with van der Waals surface area (Å²) in [5.41, 5.74) is 2.14. The molecule has 28 heavy (non-hydrogen) atoms. The third-order valence-electron chi connectivity index (χ3n) is 3.97. The van der Waals surface area contributed by atoms with Gasteiger partial charge >= 0.3 is 0 Å². The van der Waals surface area contributed by atoms with Crippen LogP contribution < -0.4 is 10.1 Å². The second-order valence-electron chi connectivity index (χ2n) is 6.06. The molecule has 0 heterocycles. The van der Waals surface area contributed by atoms with E-state index in [1.807, 2.05) is 18.2 Å². The van der Waals surface area contributed by atoms with E-state index in [4.69, 9.17) is 16.3 Å². The van der Waals surface area contributed by atoms with Crippen molar-refractivity contribution in [3.8, 4) is 5.75 Å². The number of carbonyl (C=O) groups excluding carboxylic acids is 1. The molecule has 0 radical (unpaired) electrons. The second kappa shape index (κ2) is 11.7. The zero-order valence-electron chi connectivity index (χ0n) is 16.6. The maximum atomic E-state index is 11.8. The van der Waals surface area contributed by atoms with Gasteiger partial charge in [-0.05, 0) is 54.3 Å². The van der Waals surface area contributed by atoms with Crippen LogP contribution in [0.5, 0.6) is 5.75 Å². The summed E-state index contributed by atoms with van der Waals surface area (Å²) in [6.45, 7) is 2.62. The lowest BCUT2D eigenvalue weighted by atomic mass is 10.1. The fourth-order valence-electron chi connectivity index (χ4n) is 2.34. The van der Waals surface area contributed by atoms with E-state index in [2.05, 4.69) is 12.2 Å². The number of nitrogens with one attached hydrogen (secondary N) is 1. The van der Waals surface area contributed by atoms with Crippen LogP contribution in [0.2, 0.25) is 5.02 Å². The minimum Gasteiger partial charge on any atom is -0.496 e. The van der Waals surface area contributed by atoms with Crippen LogP contribution in [0.15, 0.2) is 47.4 Å². The lowest BCUT2D eigenvalue weighted by molar-refractivity contribution is -0.109. The average molecular weight is 427 g/mol. The van der Waals surface area contributed by atoms with E-state index in [9.17, 15) is 13.2 Å². The number of carbonyl (C=O) groups is 1. The molecule has 0 saturated carbocycles. The summed E-state index contributed by atoms with van der Waals surface area (Å²) in [6.07, 6.45) is 2.27. The second-order valence-corrected chi connectivity index (χ2v) is 8.65. The van der Waals surface area contributed by atoms with Crippen LogP contribution >= 0.6 is 11.6 Å². The third kappa shape index (κ3) is 7.14. The van der Waals surface area contributed by atoms with E-state index in [0.29, 0.717) is 19.4 Å². The Morgan fingerprint density at radius 1 is 1.14 bits per heavy atom. The molecule has 2 aromatic carbocycles. The molecule has 0 atom stereocenters. The summed E-state index contributed by atoms with van der Waals surface area (Å²) >= 11 is 5.80. The van der Waals surface area contributed by atoms with Crippen LogP contribution in [0.4, 0.5) is 0 Å². The Bertz CT molecular complexity index is 853. The van der Waals surface area contributed by atoms with Crippen LogP contribution in [0.3, 0.4) is 0 Å². The molecule has 0 fully saturated rings. The highest BCUT2D eigenvalue weighted by Crippen LogP contribution is 2.22. The first-order valence-corrected chi connectivity index (χ1v) is 10.6. The first-order valence-electron chi connectivity index (χ1n) is 8.77. The number of methoxy groups -OCH3 is 1. The summed E-state index contributed by atoms with van der Waals surface area (Å²) < 4.78 is 29.9. The molecule has 0 aliphatic carbocycles. The molecular formula is C20H27ClN2O4S. The third-order valence-corrected chi connectivity index (χ3v) is 6.03. The fourth-order valence-corrected chi connectivity index (χ4v) is 3.43. The highest BCUT2D eigenvalue weighted by molar-refractivity contribution is 7.89. The minimum atomic E-state index is -3.36. The van der Waals surface area contributed by atoms with Gasteiger partial charge in [-0.2, -0.15) is 0 Å². The quantitative estimate of drug-likeness (QED) is 0.519. The van der Waals surface area contributed by atoms with Gasteiger partial charge in [0.1, 0.15) is 5.75 Å².